The standard InChI is InChI=1S/C17H18N4O2S/c22-24(23,20-11-4-1-5-12-20)15-8-6-7-14(13-15)21-18-16-9-2-3-10-17(16)19-21/h2-3,6-10,13H,1,4-5,11-12H2. The normalized spacial score (nSPS) is 16.5. The molecule has 0 amide bonds. The Bertz CT molecular complexity index is 942. The van der Waals surface area contributed by atoms with Crippen molar-refractivity contribution in [3.63, 3.8) is 0 Å². The van der Waals surface area contributed by atoms with Crippen LogP contribution >= 0.6 is 0 Å². The molecule has 24 heavy (non-hydrogen) atoms. The van der Waals surface area contributed by atoms with Crippen molar-refractivity contribution in [1.82, 2.24) is 19.3 Å². The molecule has 0 spiro atoms. The lowest BCUT2D eigenvalue weighted by atomic mass is 10.2. The van der Waals surface area contributed by atoms with Crippen LogP contribution in [0, 0.1) is 0 Å². The molecular weight excluding hydrogens is 324 g/mol. The van der Waals surface area contributed by atoms with Crippen LogP contribution in [-0.2, 0) is 10.0 Å². The van der Waals surface area contributed by atoms with E-state index >= 15 is 0 Å². The maximum absolute atomic E-state index is 12.8. The predicted molar refractivity (Wildman–Crippen MR) is 91.5 cm³/mol. The van der Waals surface area contributed by atoms with E-state index in [1.165, 1.54) is 4.80 Å². The van der Waals surface area contributed by atoms with Crippen LogP contribution in [0.15, 0.2) is 53.4 Å². The highest BCUT2D eigenvalue weighted by Gasteiger charge is 2.26. The second-order valence-corrected chi connectivity index (χ2v) is 7.88. The summed E-state index contributed by atoms with van der Waals surface area (Å²) < 4.78 is 27.2. The molecule has 1 aliphatic rings. The number of piperidine rings is 1. The van der Waals surface area contributed by atoms with Gasteiger partial charge in [-0.2, -0.15) is 9.10 Å². The predicted octanol–water partition coefficient (Wildman–Crippen LogP) is 2.60. The van der Waals surface area contributed by atoms with Gasteiger partial charge in [-0.25, -0.2) is 8.42 Å². The summed E-state index contributed by atoms with van der Waals surface area (Å²) in [6.07, 6.45) is 2.94. The summed E-state index contributed by atoms with van der Waals surface area (Å²) in [5.41, 5.74) is 2.20. The number of benzene rings is 2. The van der Waals surface area contributed by atoms with E-state index in [2.05, 4.69) is 10.2 Å². The Morgan fingerprint density at radius 2 is 1.50 bits per heavy atom. The third-order valence-electron chi connectivity index (χ3n) is 4.29. The maximum Gasteiger partial charge on any atom is 0.243 e. The quantitative estimate of drug-likeness (QED) is 0.734. The number of nitrogens with zero attached hydrogens (tertiary/aromatic N) is 4. The summed E-state index contributed by atoms with van der Waals surface area (Å²) in [6.45, 7) is 1.19. The SMILES string of the molecule is O=S(=O)(c1cccc(-n2nc3ccccc3n2)c1)N1CCCCC1. The number of hydrogen-bond acceptors (Lipinski definition) is 4. The summed E-state index contributed by atoms with van der Waals surface area (Å²) in [7, 11) is -3.46. The smallest absolute Gasteiger partial charge is 0.207 e. The number of sulfonamides is 1. The molecule has 124 valence electrons. The molecule has 0 unspecified atom stereocenters. The first-order chi connectivity index (χ1) is 11.6. The van der Waals surface area contributed by atoms with Gasteiger partial charge in [-0.1, -0.05) is 24.6 Å². The third kappa shape index (κ3) is 2.70. The molecule has 2 heterocycles. The van der Waals surface area contributed by atoms with Gasteiger partial charge in [0.2, 0.25) is 10.0 Å². The molecule has 1 aliphatic heterocycles. The summed E-state index contributed by atoms with van der Waals surface area (Å²) >= 11 is 0. The van der Waals surface area contributed by atoms with Gasteiger partial charge in [0.15, 0.2) is 0 Å². The molecule has 1 aromatic heterocycles. The third-order valence-corrected chi connectivity index (χ3v) is 6.18. The summed E-state index contributed by atoms with van der Waals surface area (Å²) in [4.78, 5) is 1.78. The van der Waals surface area contributed by atoms with Gasteiger partial charge >= 0.3 is 0 Å². The lowest BCUT2D eigenvalue weighted by Crippen LogP contribution is -2.35. The minimum absolute atomic E-state index is 0.295. The van der Waals surface area contributed by atoms with E-state index in [4.69, 9.17) is 0 Å². The first-order valence-electron chi connectivity index (χ1n) is 8.07. The van der Waals surface area contributed by atoms with Crippen molar-refractivity contribution >= 4 is 21.1 Å². The minimum Gasteiger partial charge on any atom is -0.207 e. The topological polar surface area (TPSA) is 68.1 Å². The molecule has 0 atom stereocenters. The van der Waals surface area contributed by atoms with Gasteiger partial charge in [-0.05, 0) is 43.2 Å². The Hall–Kier alpha value is -2.25. The van der Waals surface area contributed by atoms with Crippen LogP contribution in [0.25, 0.3) is 16.7 Å². The van der Waals surface area contributed by atoms with E-state index in [1.807, 2.05) is 30.3 Å². The van der Waals surface area contributed by atoms with E-state index in [0.29, 0.717) is 23.7 Å². The number of rotatable bonds is 3. The van der Waals surface area contributed by atoms with Crippen molar-refractivity contribution in [2.75, 3.05) is 13.1 Å². The molecule has 7 heteroatoms. The zero-order valence-corrected chi connectivity index (χ0v) is 14.0. The fourth-order valence-electron chi connectivity index (χ4n) is 3.00. The van der Waals surface area contributed by atoms with Crippen LogP contribution in [0.5, 0.6) is 0 Å². The largest absolute Gasteiger partial charge is 0.243 e. The van der Waals surface area contributed by atoms with Gasteiger partial charge in [0, 0.05) is 13.1 Å². The first-order valence-corrected chi connectivity index (χ1v) is 9.51. The molecule has 1 saturated heterocycles. The molecule has 1 fully saturated rings. The maximum atomic E-state index is 12.8. The lowest BCUT2D eigenvalue weighted by Gasteiger charge is -2.25. The van der Waals surface area contributed by atoms with E-state index in [0.717, 1.165) is 30.3 Å². The fourth-order valence-corrected chi connectivity index (χ4v) is 4.56. The van der Waals surface area contributed by atoms with Crippen LogP contribution in [0.3, 0.4) is 0 Å². The van der Waals surface area contributed by atoms with Crippen molar-refractivity contribution in [3.8, 4) is 5.69 Å². The van der Waals surface area contributed by atoms with Crippen molar-refractivity contribution in [3.05, 3.63) is 48.5 Å². The Balaban J connectivity index is 1.73. The van der Waals surface area contributed by atoms with Crippen LogP contribution in [-0.4, -0.2) is 40.8 Å². The Morgan fingerprint density at radius 3 is 2.17 bits per heavy atom. The molecule has 0 N–H and O–H groups in total. The highest BCUT2D eigenvalue weighted by molar-refractivity contribution is 7.89. The second-order valence-electron chi connectivity index (χ2n) is 5.94. The molecule has 0 bridgehead atoms. The van der Waals surface area contributed by atoms with Crippen LogP contribution in [0.1, 0.15) is 19.3 Å². The van der Waals surface area contributed by atoms with Crippen molar-refractivity contribution in [1.29, 1.82) is 0 Å². The van der Waals surface area contributed by atoms with Gasteiger partial charge in [0.1, 0.15) is 11.0 Å². The fraction of sp³-hybridized carbons (Fsp3) is 0.294. The number of hydrogen-bond donors (Lipinski definition) is 0. The Morgan fingerprint density at radius 1 is 0.833 bits per heavy atom. The molecule has 0 aliphatic carbocycles. The lowest BCUT2D eigenvalue weighted by molar-refractivity contribution is 0.346. The highest BCUT2D eigenvalue weighted by atomic mass is 32.2. The zero-order valence-electron chi connectivity index (χ0n) is 13.2. The first kappa shape index (κ1) is 15.3. The van der Waals surface area contributed by atoms with Crippen LogP contribution in [0.2, 0.25) is 0 Å². The van der Waals surface area contributed by atoms with Crippen LogP contribution in [0.4, 0.5) is 0 Å². The molecular formula is C17H18N4O2S. The molecule has 2 aromatic carbocycles. The van der Waals surface area contributed by atoms with Gasteiger partial charge in [0.25, 0.3) is 0 Å². The van der Waals surface area contributed by atoms with Crippen molar-refractivity contribution in [2.24, 2.45) is 0 Å². The summed E-state index contributed by atoms with van der Waals surface area (Å²) in [6, 6.07) is 14.4. The number of aromatic nitrogens is 3. The van der Waals surface area contributed by atoms with Crippen molar-refractivity contribution < 1.29 is 8.42 Å². The average molecular weight is 342 g/mol. The van der Waals surface area contributed by atoms with E-state index < -0.39 is 10.0 Å². The van der Waals surface area contributed by atoms with Crippen molar-refractivity contribution in [2.45, 2.75) is 24.2 Å². The monoisotopic (exact) mass is 342 g/mol. The van der Waals surface area contributed by atoms with E-state index in [1.54, 1.807) is 22.5 Å². The molecule has 0 saturated carbocycles. The molecule has 3 aromatic rings. The molecule has 0 radical (unpaired) electrons. The minimum atomic E-state index is -3.46. The van der Waals surface area contributed by atoms with E-state index in [-0.39, 0.29) is 0 Å². The Labute approximate surface area is 140 Å². The molecule has 6 nitrogen and oxygen atoms in total. The Kier molecular flexibility index (Phi) is 3.82. The molecule has 4 rings (SSSR count). The van der Waals surface area contributed by atoms with Gasteiger partial charge in [-0.3, -0.25) is 0 Å². The highest BCUT2D eigenvalue weighted by Crippen LogP contribution is 2.22. The van der Waals surface area contributed by atoms with Gasteiger partial charge < -0.3 is 0 Å². The summed E-state index contributed by atoms with van der Waals surface area (Å²) in [5, 5.41) is 8.83. The second kappa shape index (κ2) is 5.99. The van der Waals surface area contributed by atoms with Crippen LogP contribution < -0.4 is 0 Å². The average Bonchev–Trinajstić information content (AvgIpc) is 3.07. The number of fused-ring (bicyclic) bond motifs is 1. The van der Waals surface area contributed by atoms with Gasteiger partial charge in [-0.15, -0.1) is 10.2 Å². The summed E-state index contributed by atoms with van der Waals surface area (Å²) in [5.74, 6) is 0. The zero-order chi connectivity index (χ0) is 16.6. The van der Waals surface area contributed by atoms with E-state index in [9.17, 15) is 8.42 Å². The van der Waals surface area contributed by atoms with Gasteiger partial charge in [0.05, 0.1) is 10.6 Å².